The van der Waals surface area contributed by atoms with Gasteiger partial charge in [0, 0.05) is 30.1 Å². The molecule has 1 heterocycles. The Hall–Kier alpha value is -2.54. The number of nitrogens with zero attached hydrogens (tertiary/aromatic N) is 1. The van der Waals surface area contributed by atoms with Crippen molar-refractivity contribution in [2.75, 3.05) is 7.11 Å². The van der Waals surface area contributed by atoms with E-state index in [-0.39, 0.29) is 35.7 Å². The fourth-order valence-corrected chi connectivity index (χ4v) is 6.08. The van der Waals surface area contributed by atoms with Gasteiger partial charge in [0.25, 0.3) is 0 Å². The predicted octanol–water partition coefficient (Wildman–Crippen LogP) is 7.28. The lowest BCUT2D eigenvalue weighted by Gasteiger charge is -2.36. The molecule has 1 amide bonds. The summed E-state index contributed by atoms with van der Waals surface area (Å²) >= 11 is 0. The molecule has 1 aliphatic carbocycles. The molecule has 2 fully saturated rings. The molecule has 4 rings (SSSR count). The Morgan fingerprint density at radius 2 is 1.81 bits per heavy atom. The number of methoxy groups -OCH3 is 1. The first-order chi connectivity index (χ1) is 17.8. The zero-order chi connectivity index (χ0) is 26.4. The van der Waals surface area contributed by atoms with E-state index in [2.05, 4.69) is 29.3 Å². The second-order valence-corrected chi connectivity index (χ2v) is 10.5. The Morgan fingerprint density at radius 3 is 2.46 bits per heavy atom. The number of carbonyl (C=O) groups excluding carboxylic acids is 1. The number of alkyl halides is 3. The van der Waals surface area contributed by atoms with Crippen LogP contribution in [0.2, 0.25) is 0 Å². The summed E-state index contributed by atoms with van der Waals surface area (Å²) in [5, 5.41) is 3.62. The predicted molar refractivity (Wildman–Crippen MR) is 139 cm³/mol. The maximum absolute atomic E-state index is 14.0. The Bertz CT molecular complexity index is 1020. The number of nitrogens with one attached hydrogen (secondary N) is 1. The fourth-order valence-electron chi connectivity index (χ4n) is 6.08. The lowest BCUT2D eigenvalue weighted by Crippen LogP contribution is -2.44. The van der Waals surface area contributed by atoms with E-state index >= 15 is 0 Å². The molecule has 0 spiro atoms. The van der Waals surface area contributed by atoms with Crippen LogP contribution in [-0.4, -0.2) is 30.0 Å². The number of benzene rings is 2. The van der Waals surface area contributed by atoms with Crippen LogP contribution < -0.4 is 10.1 Å². The van der Waals surface area contributed by atoms with Gasteiger partial charge in [-0.2, -0.15) is 13.2 Å². The molecule has 3 unspecified atom stereocenters. The van der Waals surface area contributed by atoms with Crippen molar-refractivity contribution in [3.63, 3.8) is 0 Å². The lowest BCUT2D eigenvalue weighted by atomic mass is 9.87. The van der Waals surface area contributed by atoms with E-state index in [1.54, 1.807) is 0 Å². The minimum absolute atomic E-state index is 0.0104. The molecular weight excluding hydrogens is 477 g/mol. The summed E-state index contributed by atoms with van der Waals surface area (Å²) in [4.78, 5) is 16.2. The summed E-state index contributed by atoms with van der Waals surface area (Å²) in [6, 6.07) is 13.8. The van der Waals surface area contributed by atoms with E-state index < -0.39 is 11.7 Å². The first-order valence-corrected chi connectivity index (χ1v) is 13.7. The molecular formula is C30H39F3N2O2. The Kier molecular flexibility index (Phi) is 9.17. The van der Waals surface area contributed by atoms with Crippen LogP contribution in [0.5, 0.6) is 5.75 Å². The standard InChI is InChI=1S/C30H39F3N2O2/c1-3-4-15-25-19-26(34-20-23-16-17-24(30(31,32)33)18-27(23)37-2)28(21-11-7-5-8-12-21)35(25)29(36)22-13-9-6-10-14-22/h5,7-8,11-12,16-18,22,25-26,28,34H,3-4,6,9-10,13-15,19-20H2,1-2H3. The average Bonchev–Trinajstić information content (AvgIpc) is 3.28. The Balaban J connectivity index is 1.61. The van der Waals surface area contributed by atoms with E-state index in [0.29, 0.717) is 12.1 Å². The summed E-state index contributed by atoms with van der Waals surface area (Å²) < 4.78 is 45.0. The van der Waals surface area contributed by atoms with Crippen LogP contribution in [0.3, 0.4) is 0 Å². The SMILES string of the molecule is CCCCC1CC(NCc2ccc(C(F)(F)F)cc2OC)C(c2ccccc2)N1C(=O)C1CCCCC1. The lowest BCUT2D eigenvalue weighted by molar-refractivity contribution is -0.140. The number of rotatable bonds is 9. The normalized spacial score (nSPS) is 22.8. The smallest absolute Gasteiger partial charge is 0.416 e. The number of ether oxygens (including phenoxy) is 1. The highest BCUT2D eigenvalue weighted by molar-refractivity contribution is 5.80. The van der Waals surface area contributed by atoms with Crippen molar-refractivity contribution >= 4 is 5.91 Å². The van der Waals surface area contributed by atoms with Crippen molar-refractivity contribution in [1.82, 2.24) is 10.2 Å². The fraction of sp³-hybridized carbons (Fsp3) is 0.567. The Morgan fingerprint density at radius 1 is 1.08 bits per heavy atom. The topological polar surface area (TPSA) is 41.6 Å². The molecule has 1 N–H and O–H groups in total. The van der Waals surface area contributed by atoms with Crippen LogP contribution >= 0.6 is 0 Å². The van der Waals surface area contributed by atoms with Gasteiger partial charge in [-0.15, -0.1) is 0 Å². The van der Waals surface area contributed by atoms with Gasteiger partial charge in [0.2, 0.25) is 5.91 Å². The molecule has 0 bridgehead atoms. The maximum Gasteiger partial charge on any atom is 0.416 e. The van der Waals surface area contributed by atoms with Crippen LogP contribution in [0, 0.1) is 5.92 Å². The molecule has 7 heteroatoms. The molecule has 1 aliphatic heterocycles. The maximum atomic E-state index is 14.0. The van der Waals surface area contributed by atoms with Gasteiger partial charge >= 0.3 is 6.18 Å². The first kappa shape index (κ1) is 27.5. The third-order valence-electron chi connectivity index (χ3n) is 8.01. The number of likely N-dealkylation sites (tertiary alicyclic amines) is 1. The van der Waals surface area contributed by atoms with Crippen LogP contribution in [0.1, 0.15) is 87.4 Å². The van der Waals surface area contributed by atoms with Crippen molar-refractivity contribution in [3.8, 4) is 5.75 Å². The van der Waals surface area contributed by atoms with Crippen LogP contribution in [0.4, 0.5) is 13.2 Å². The van der Waals surface area contributed by atoms with Crippen molar-refractivity contribution in [1.29, 1.82) is 0 Å². The molecule has 4 nitrogen and oxygen atoms in total. The van der Waals surface area contributed by atoms with Gasteiger partial charge in [-0.1, -0.05) is 75.4 Å². The van der Waals surface area contributed by atoms with Gasteiger partial charge in [0.05, 0.1) is 18.7 Å². The molecule has 202 valence electrons. The Labute approximate surface area is 218 Å². The van der Waals surface area contributed by atoms with Crippen LogP contribution in [0.15, 0.2) is 48.5 Å². The summed E-state index contributed by atoms with van der Waals surface area (Å²) in [5.74, 6) is 0.568. The number of hydrogen-bond donors (Lipinski definition) is 1. The summed E-state index contributed by atoms with van der Waals surface area (Å²) in [6.07, 6.45) is 4.81. The van der Waals surface area contributed by atoms with E-state index in [4.69, 9.17) is 4.74 Å². The third kappa shape index (κ3) is 6.49. The molecule has 37 heavy (non-hydrogen) atoms. The molecule has 2 aromatic carbocycles. The molecule has 0 aromatic heterocycles. The van der Waals surface area contributed by atoms with Gasteiger partial charge in [0.15, 0.2) is 0 Å². The molecule has 2 aromatic rings. The number of amides is 1. The summed E-state index contributed by atoms with van der Waals surface area (Å²) in [7, 11) is 1.40. The number of hydrogen-bond acceptors (Lipinski definition) is 3. The highest BCUT2D eigenvalue weighted by atomic mass is 19.4. The van der Waals surface area contributed by atoms with Crippen LogP contribution in [-0.2, 0) is 17.5 Å². The van der Waals surface area contributed by atoms with Crippen molar-refractivity contribution in [2.45, 2.75) is 95.6 Å². The van der Waals surface area contributed by atoms with Gasteiger partial charge < -0.3 is 15.0 Å². The number of carbonyl (C=O) groups is 1. The summed E-state index contributed by atoms with van der Waals surface area (Å²) in [5.41, 5.74) is 1.05. The highest BCUT2D eigenvalue weighted by Crippen LogP contribution is 2.41. The monoisotopic (exact) mass is 516 g/mol. The average molecular weight is 517 g/mol. The van der Waals surface area contributed by atoms with Crippen molar-refractivity contribution in [2.24, 2.45) is 5.92 Å². The number of unbranched alkanes of at least 4 members (excludes halogenated alkanes) is 1. The van der Waals surface area contributed by atoms with Crippen molar-refractivity contribution in [3.05, 3.63) is 65.2 Å². The van der Waals surface area contributed by atoms with Gasteiger partial charge in [-0.3, -0.25) is 4.79 Å². The quantitative estimate of drug-likeness (QED) is 0.381. The first-order valence-electron chi connectivity index (χ1n) is 13.7. The summed E-state index contributed by atoms with van der Waals surface area (Å²) in [6.45, 7) is 2.53. The molecule has 2 aliphatic rings. The zero-order valence-corrected chi connectivity index (χ0v) is 21.9. The van der Waals surface area contributed by atoms with Gasteiger partial charge in [0.1, 0.15) is 5.75 Å². The van der Waals surface area contributed by atoms with Gasteiger partial charge in [-0.25, -0.2) is 0 Å². The van der Waals surface area contributed by atoms with Crippen molar-refractivity contribution < 1.29 is 22.7 Å². The zero-order valence-electron chi connectivity index (χ0n) is 21.9. The molecule has 1 saturated carbocycles. The largest absolute Gasteiger partial charge is 0.496 e. The minimum atomic E-state index is -4.42. The third-order valence-corrected chi connectivity index (χ3v) is 8.01. The van der Waals surface area contributed by atoms with Crippen LogP contribution in [0.25, 0.3) is 0 Å². The van der Waals surface area contributed by atoms with E-state index in [1.807, 2.05) is 18.2 Å². The second-order valence-electron chi connectivity index (χ2n) is 10.5. The molecule has 3 atom stereocenters. The van der Waals surface area contributed by atoms with E-state index in [0.717, 1.165) is 69.1 Å². The second kappa shape index (κ2) is 12.3. The minimum Gasteiger partial charge on any atom is -0.496 e. The molecule has 0 radical (unpaired) electrons. The number of halogens is 3. The molecule has 1 saturated heterocycles. The highest BCUT2D eigenvalue weighted by Gasteiger charge is 2.45. The van der Waals surface area contributed by atoms with Gasteiger partial charge in [-0.05, 0) is 43.4 Å². The van der Waals surface area contributed by atoms with E-state index in [9.17, 15) is 18.0 Å². The van der Waals surface area contributed by atoms with E-state index in [1.165, 1.54) is 19.6 Å².